The zero-order chi connectivity index (χ0) is 92.4. The number of primary amides is 3. The lowest BCUT2D eigenvalue weighted by molar-refractivity contribution is -0.142. The van der Waals surface area contributed by atoms with E-state index in [0.29, 0.717) is 41.3 Å². The van der Waals surface area contributed by atoms with Gasteiger partial charge in [0.2, 0.25) is 70.9 Å². The van der Waals surface area contributed by atoms with E-state index in [2.05, 4.69) is 84.7 Å². The van der Waals surface area contributed by atoms with Gasteiger partial charge in [-0.05, 0) is 177 Å². The number of phenolic OH excluding ortho intramolecular Hbond substituents is 1. The minimum absolute atomic E-state index is 0.0186. The van der Waals surface area contributed by atoms with Crippen molar-refractivity contribution in [2.45, 2.75) is 240 Å². The minimum atomic E-state index is -1.77. The third kappa shape index (κ3) is 41.2. The Morgan fingerprint density at radius 3 is 1.13 bits per heavy atom. The maximum absolute atomic E-state index is 15.4. The maximum atomic E-state index is 15.4. The summed E-state index contributed by atoms with van der Waals surface area (Å²) < 4.78 is 0. The number of unbranched alkanes of at least 4 members (excludes halogenated alkanes) is 3. The second kappa shape index (κ2) is 57.5. The number of guanidine groups is 2. The first-order valence-corrected chi connectivity index (χ1v) is 41.4. The smallest absolute Gasteiger partial charge is 0.326 e. The Bertz CT molecular complexity index is 4020. The predicted octanol–water partition coefficient (Wildman–Crippen LogP) is -5.61. The molecule has 0 saturated heterocycles. The molecule has 0 fully saturated rings. The van der Waals surface area contributed by atoms with Gasteiger partial charge in [0.1, 0.15) is 72.2 Å². The third-order valence-corrected chi connectivity index (χ3v) is 20.0. The Balaban J connectivity index is 2.14. The summed E-state index contributed by atoms with van der Waals surface area (Å²) in [6, 6.07) is -7.75. The number of urea groups is 2. The van der Waals surface area contributed by atoms with Crippen molar-refractivity contribution in [1.29, 1.82) is 10.8 Å². The second-order valence-corrected chi connectivity index (χ2v) is 30.0. The topological polar surface area (TPSA) is 812 Å². The first-order valence-electron chi connectivity index (χ1n) is 41.4. The van der Waals surface area contributed by atoms with Gasteiger partial charge >= 0.3 is 24.0 Å². The van der Waals surface area contributed by atoms with E-state index >= 15 is 14.4 Å². The summed E-state index contributed by atoms with van der Waals surface area (Å²) in [5.74, 6) is -16.1. The van der Waals surface area contributed by atoms with E-state index in [4.69, 9.17) is 62.4 Å². The van der Waals surface area contributed by atoms with Crippen LogP contribution in [0.15, 0.2) is 54.7 Å². The van der Waals surface area contributed by atoms with Crippen LogP contribution in [-0.4, -0.2) is 245 Å². The minimum Gasteiger partial charge on any atom is -0.508 e. The second-order valence-electron chi connectivity index (χ2n) is 30.0. The fourth-order valence-corrected chi connectivity index (χ4v) is 12.9. The van der Waals surface area contributed by atoms with E-state index in [1.54, 1.807) is 44.3 Å². The fourth-order valence-electron chi connectivity index (χ4n) is 12.9. The number of benzene rings is 2. The number of para-hydroxylation sites is 1. The van der Waals surface area contributed by atoms with Crippen LogP contribution in [-0.2, 0) is 80.0 Å². The number of aromatic nitrogens is 1. The fraction of sp³-hybridized carbons (Fsp3) is 0.590. The van der Waals surface area contributed by atoms with Crippen molar-refractivity contribution in [1.82, 2.24) is 84.7 Å². The molecule has 0 aliphatic heterocycles. The number of fused-ring (bicyclic) bond motifs is 1. The predicted molar refractivity (Wildman–Crippen MR) is 456 cm³/mol. The number of carboxylic acid groups (broad SMARTS) is 2. The number of phenols is 1. The number of rotatable bonds is 63. The van der Waals surface area contributed by atoms with Crippen molar-refractivity contribution in [2.24, 2.45) is 57.5 Å². The molecule has 690 valence electrons. The first kappa shape index (κ1) is 105. The van der Waals surface area contributed by atoms with E-state index in [-0.39, 0.29) is 180 Å². The van der Waals surface area contributed by atoms with Crippen LogP contribution < -0.4 is 131 Å². The summed E-state index contributed by atoms with van der Waals surface area (Å²) in [5.41, 5.74) is 51.9. The van der Waals surface area contributed by atoms with Crippen LogP contribution in [0.25, 0.3) is 10.9 Å². The summed E-state index contributed by atoms with van der Waals surface area (Å²) in [6.45, 7) is 3.53. The van der Waals surface area contributed by atoms with Crippen molar-refractivity contribution in [2.75, 3.05) is 45.8 Å². The highest BCUT2D eigenvalue weighted by molar-refractivity contribution is 6.00. The van der Waals surface area contributed by atoms with Gasteiger partial charge in [0, 0.05) is 69.0 Å². The number of amides is 16. The Kier molecular flexibility index (Phi) is 48.9. The molecule has 39 N–H and O–H groups in total. The highest BCUT2D eigenvalue weighted by Crippen LogP contribution is 2.22. The quantitative estimate of drug-likeness (QED) is 0.0142. The number of hydrogen-bond donors (Lipinski definition) is 30. The summed E-state index contributed by atoms with van der Waals surface area (Å²) in [5, 5.41) is 84.5. The Morgan fingerprint density at radius 2 is 0.742 bits per heavy atom. The number of nitrogens with one attached hydrogen (secondary N) is 18. The standard InChI is InChI=1S/C78H129N27O19/c1-3-43(2)62(73(120)101-56(30-32-61(108)109)69(116)98-54(21-12-36-90-75(84)85)64(111)96-50(18-6-9-33-79)66(113)102-57(74(121)122)24-15-37-91-76(86)87)105-70(117)52(20-8-11-35-81)97-65(112)55(23-14-39-93-78(89)124)100-72(119)59(41-45-42-94-49-17-5-4-16-47(45)49)104-67(114)51(19-7-10-34-80)99-71(118)58(40-44-25-27-46(106)28-26-44)103-68(115)53(22-13-38-92-77(88)123)95-63(110)48(82)29-31-60(83)107/h4-5,16-17,25-28,42-43,48,50-59,62,94,106H,3,6-15,18-24,29-41,79-82H2,1-2H3,(H2,83,107)(H,95,110)(H,96,111)(H,97,112)(H,98,116)(H,99,118)(H,100,119)(H,101,120)(H,102,113)(H,103,115)(H,104,114)(H,105,117)(H,108,109)(H,121,122)(H4,84,85,90)(H4,86,87,91)(H3,88,92,123)(H3,89,93,124)/t43-,48-,50-,51-,52-,53-,54-,55-,56-,57-,58-,59-,62-/m0/s1. The lowest BCUT2D eigenvalue weighted by atomic mass is 9.96. The van der Waals surface area contributed by atoms with E-state index in [1.165, 1.54) is 24.3 Å². The largest absolute Gasteiger partial charge is 0.508 e. The van der Waals surface area contributed by atoms with E-state index in [9.17, 15) is 77.6 Å². The molecule has 124 heavy (non-hydrogen) atoms. The monoisotopic (exact) mass is 1750 g/mol. The number of carbonyl (C=O) groups excluding carboxylic acids is 14. The molecule has 1 heterocycles. The highest BCUT2D eigenvalue weighted by atomic mass is 16.4. The molecule has 0 unspecified atom stereocenters. The summed E-state index contributed by atoms with van der Waals surface area (Å²) in [6.07, 6.45) is -0.0496. The molecule has 0 saturated carbocycles. The van der Waals surface area contributed by atoms with Gasteiger partial charge in [-0.1, -0.05) is 50.6 Å². The zero-order valence-electron chi connectivity index (χ0n) is 70.2. The molecule has 13 atom stereocenters. The molecule has 0 spiro atoms. The number of aliphatic carboxylic acids is 2. The Morgan fingerprint density at radius 1 is 0.395 bits per heavy atom. The number of H-pyrrole nitrogens is 1. The molecule has 46 heteroatoms. The number of carbonyl (C=O) groups is 16. The van der Waals surface area contributed by atoms with Crippen LogP contribution in [0.3, 0.4) is 0 Å². The number of nitrogens with two attached hydrogens (primary N) is 9. The maximum Gasteiger partial charge on any atom is 0.326 e. The van der Waals surface area contributed by atoms with Crippen LogP contribution >= 0.6 is 0 Å². The van der Waals surface area contributed by atoms with Crippen LogP contribution in [0.4, 0.5) is 9.59 Å². The van der Waals surface area contributed by atoms with Gasteiger partial charge in [-0.25, -0.2) is 14.4 Å². The van der Waals surface area contributed by atoms with Gasteiger partial charge in [-0.3, -0.25) is 73.1 Å². The first-order chi connectivity index (χ1) is 58.9. The molecule has 1 aromatic heterocycles. The van der Waals surface area contributed by atoms with E-state index in [1.807, 2.05) is 0 Å². The third-order valence-electron chi connectivity index (χ3n) is 20.0. The molecular weight excluding hydrogens is 1620 g/mol. The molecule has 46 nitrogen and oxygen atoms in total. The van der Waals surface area contributed by atoms with Gasteiger partial charge in [0.05, 0.1) is 6.04 Å². The van der Waals surface area contributed by atoms with Crippen molar-refractivity contribution < 1.29 is 92.0 Å². The summed E-state index contributed by atoms with van der Waals surface area (Å²) in [7, 11) is 0. The molecule has 3 aromatic rings. The van der Waals surface area contributed by atoms with Crippen molar-refractivity contribution >= 4 is 118 Å². The molecule has 0 aliphatic rings. The molecular formula is C78H129N27O19. The van der Waals surface area contributed by atoms with Crippen molar-refractivity contribution in [3.63, 3.8) is 0 Å². The summed E-state index contributed by atoms with van der Waals surface area (Å²) >= 11 is 0. The molecule has 2 aromatic carbocycles. The van der Waals surface area contributed by atoms with Gasteiger partial charge < -0.3 is 152 Å². The Labute approximate surface area is 717 Å². The normalized spacial score (nSPS) is 14.2. The molecule has 0 radical (unpaired) electrons. The van der Waals surface area contributed by atoms with Crippen LogP contribution in [0.2, 0.25) is 0 Å². The molecule has 0 aliphatic carbocycles. The highest BCUT2D eigenvalue weighted by Gasteiger charge is 2.39. The van der Waals surface area contributed by atoms with Crippen LogP contribution in [0.1, 0.15) is 166 Å². The van der Waals surface area contributed by atoms with Crippen LogP contribution in [0, 0.1) is 16.7 Å². The van der Waals surface area contributed by atoms with Gasteiger partial charge in [0.15, 0.2) is 11.9 Å². The van der Waals surface area contributed by atoms with Crippen LogP contribution in [0.5, 0.6) is 5.75 Å². The van der Waals surface area contributed by atoms with E-state index < -0.39 is 192 Å². The Hall–Kier alpha value is -12.7. The number of aromatic hydroxyl groups is 1. The molecule has 0 bridgehead atoms. The molecule has 16 amide bonds. The average molecular weight is 1750 g/mol. The van der Waals surface area contributed by atoms with Crippen molar-refractivity contribution in [3.8, 4) is 5.75 Å². The lowest BCUT2D eigenvalue weighted by Crippen LogP contribution is -2.61. The number of carboxylic acids is 2. The summed E-state index contributed by atoms with van der Waals surface area (Å²) in [4.78, 5) is 224. The lowest BCUT2D eigenvalue weighted by Gasteiger charge is -2.30. The zero-order valence-corrected chi connectivity index (χ0v) is 70.2. The van der Waals surface area contributed by atoms with Crippen molar-refractivity contribution in [3.05, 3.63) is 65.9 Å². The van der Waals surface area contributed by atoms with E-state index in [0.717, 1.165) is 0 Å². The van der Waals surface area contributed by atoms with Gasteiger partial charge in [-0.15, -0.1) is 0 Å². The molecule has 3 rings (SSSR count). The van der Waals surface area contributed by atoms with Gasteiger partial charge in [0.25, 0.3) is 0 Å². The average Bonchev–Trinajstić information content (AvgIpc) is 1.70. The SMILES string of the molecule is CC[C@H](C)[C@H](NC(=O)[C@H](CCCCN)NC(=O)[C@H](CCCNC(N)=O)NC(=O)[C@H](Cc1c[nH]c2ccccc12)NC(=O)[C@H](CCCCN)NC(=O)[C@H](Cc1ccc(O)cc1)NC(=O)[C@H](CCCNC(N)=O)NC(=O)[C@@H](N)CCC(N)=O)C(=O)N[C@@H](CCC(=O)O)C(=O)N[C@@H](CCCNC(=N)N)C(=O)N[C@@H](CCCCN)C(=O)N[C@@H](CCCNC(=N)N)C(=O)O. The number of hydrogen-bond acceptors (Lipinski definition) is 23. The number of aromatic amines is 1. The van der Waals surface area contributed by atoms with Gasteiger partial charge in [-0.2, -0.15) is 0 Å².